The largest absolute Gasteiger partial charge is 0.325 e. The van der Waals surface area contributed by atoms with Crippen LogP contribution >= 0.6 is 27.7 Å². The molecule has 0 fully saturated rings. The topological polar surface area (TPSA) is 72.7 Å². The second kappa shape index (κ2) is 8.26. The van der Waals surface area contributed by atoms with Crippen molar-refractivity contribution in [2.24, 2.45) is 0 Å². The van der Waals surface area contributed by atoms with Crippen LogP contribution in [0, 0.1) is 0 Å². The van der Waals surface area contributed by atoms with Crippen molar-refractivity contribution in [3.8, 4) is 5.69 Å². The molecule has 0 aliphatic heterocycles. The highest BCUT2D eigenvalue weighted by Gasteiger charge is 2.11. The van der Waals surface area contributed by atoms with E-state index in [0.29, 0.717) is 5.16 Å². The molecule has 0 saturated carbocycles. The van der Waals surface area contributed by atoms with Crippen molar-refractivity contribution in [1.29, 1.82) is 0 Å². The zero-order valence-corrected chi connectivity index (χ0v) is 15.9. The van der Waals surface area contributed by atoms with Gasteiger partial charge in [0.05, 0.1) is 11.4 Å². The summed E-state index contributed by atoms with van der Waals surface area (Å²) in [6.07, 6.45) is 0.975. The summed E-state index contributed by atoms with van der Waals surface area (Å²) in [6, 6.07) is 15.5. The summed E-state index contributed by atoms with van der Waals surface area (Å²) < 4.78 is 2.59. The van der Waals surface area contributed by atoms with Crippen molar-refractivity contribution in [3.05, 3.63) is 58.6 Å². The lowest BCUT2D eigenvalue weighted by Crippen LogP contribution is -2.14. The molecule has 0 atom stereocenters. The van der Waals surface area contributed by atoms with E-state index in [0.717, 1.165) is 22.3 Å². The van der Waals surface area contributed by atoms with E-state index >= 15 is 0 Å². The third-order valence-electron chi connectivity index (χ3n) is 3.49. The minimum atomic E-state index is -0.0976. The lowest BCUT2D eigenvalue weighted by Gasteiger charge is -2.06. The first-order valence-corrected chi connectivity index (χ1v) is 9.49. The maximum absolute atomic E-state index is 12.1. The highest BCUT2D eigenvalue weighted by atomic mass is 79.9. The van der Waals surface area contributed by atoms with E-state index in [1.165, 1.54) is 17.3 Å². The molecule has 1 aromatic heterocycles. The molecule has 3 rings (SSSR count). The number of tetrazole rings is 1. The highest BCUT2D eigenvalue weighted by molar-refractivity contribution is 9.10. The van der Waals surface area contributed by atoms with Crippen LogP contribution in [0.3, 0.4) is 0 Å². The summed E-state index contributed by atoms with van der Waals surface area (Å²) in [5, 5.41) is 15.1. The number of benzene rings is 2. The molecule has 128 valence electrons. The lowest BCUT2D eigenvalue weighted by atomic mass is 10.1. The van der Waals surface area contributed by atoms with Gasteiger partial charge in [0.25, 0.3) is 0 Å². The van der Waals surface area contributed by atoms with Gasteiger partial charge in [0, 0.05) is 10.2 Å². The lowest BCUT2D eigenvalue weighted by molar-refractivity contribution is -0.113. The Bertz CT molecular complexity index is 848. The summed E-state index contributed by atoms with van der Waals surface area (Å²) >= 11 is 4.69. The number of rotatable bonds is 6. The monoisotopic (exact) mass is 417 g/mol. The fraction of sp³-hybridized carbons (Fsp3) is 0.176. The number of halogens is 1. The molecule has 0 unspecified atom stereocenters. The number of hydrogen-bond acceptors (Lipinski definition) is 5. The van der Waals surface area contributed by atoms with Crippen molar-refractivity contribution < 1.29 is 4.79 Å². The van der Waals surface area contributed by atoms with Gasteiger partial charge in [-0.05, 0) is 58.8 Å². The standard InChI is InChI=1S/C17H16BrN5OS/c1-2-12-3-7-14(8-4-12)19-16(24)11-25-17-20-21-22-23(17)15-9-5-13(18)6-10-15/h3-10H,2,11H2,1H3,(H,19,24). The van der Waals surface area contributed by atoms with E-state index in [1.54, 1.807) is 4.68 Å². The van der Waals surface area contributed by atoms with Crippen LogP contribution in [0.4, 0.5) is 5.69 Å². The minimum absolute atomic E-state index is 0.0976. The quantitative estimate of drug-likeness (QED) is 0.618. The van der Waals surface area contributed by atoms with E-state index in [-0.39, 0.29) is 11.7 Å². The number of aromatic nitrogens is 4. The van der Waals surface area contributed by atoms with Gasteiger partial charge in [-0.25, -0.2) is 0 Å². The van der Waals surface area contributed by atoms with Gasteiger partial charge in [0.15, 0.2) is 0 Å². The van der Waals surface area contributed by atoms with Crippen LogP contribution in [0.1, 0.15) is 12.5 Å². The normalized spacial score (nSPS) is 10.6. The van der Waals surface area contributed by atoms with Gasteiger partial charge in [-0.2, -0.15) is 4.68 Å². The van der Waals surface area contributed by atoms with Crippen molar-refractivity contribution in [3.63, 3.8) is 0 Å². The van der Waals surface area contributed by atoms with Crippen LogP contribution in [0.25, 0.3) is 5.69 Å². The Morgan fingerprint density at radius 3 is 2.56 bits per heavy atom. The van der Waals surface area contributed by atoms with Gasteiger partial charge in [-0.1, -0.05) is 46.7 Å². The fourth-order valence-corrected chi connectivity index (χ4v) is 3.12. The van der Waals surface area contributed by atoms with E-state index in [9.17, 15) is 4.79 Å². The molecule has 0 aliphatic carbocycles. The van der Waals surface area contributed by atoms with Crippen molar-refractivity contribution in [1.82, 2.24) is 20.2 Å². The average molecular weight is 418 g/mol. The number of carbonyl (C=O) groups excluding carboxylic acids is 1. The first kappa shape index (κ1) is 17.6. The maximum atomic E-state index is 12.1. The third-order valence-corrected chi connectivity index (χ3v) is 4.94. The molecule has 3 aromatic rings. The summed E-state index contributed by atoms with van der Waals surface area (Å²) in [5.74, 6) is 0.131. The van der Waals surface area contributed by atoms with Crippen molar-refractivity contribution in [2.75, 3.05) is 11.1 Å². The smallest absolute Gasteiger partial charge is 0.234 e. The summed E-state index contributed by atoms with van der Waals surface area (Å²) in [7, 11) is 0. The Morgan fingerprint density at radius 1 is 1.16 bits per heavy atom. The van der Waals surface area contributed by atoms with Gasteiger partial charge in [-0.3, -0.25) is 4.79 Å². The molecule has 0 bridgehead atoms. The van der Waals surface area contributed by atoms with Crippen LogP contribution < -0.4 is 5.32 Å². The van der Waals surface area contributed by atoms with Crippen LogP contribution in [-0.2, 0) is 11.2 Å². The molecule has 25 heavy (non-hydrogen) atoms. The third kappa shape index (κ3) is 4.67. The minimum Gasteiger partial charge on any atom is -0.325 e. The van der Waals surface area contributed by atoms with Gasteiger partial charge in [-0.15, -0.1) is 5.10 Å². The molecule has 0 spiro atoms. The number of anilines is 1. The molecule has 0 aliphatic rings. The number of hydrogen-bond donors (Lipinski definition) is 1. The van der Waals surface area contributed by atoms with Crippen LogP contribution in [0.2, 0.25) is 0 Å². The maximum Gasteiger partial charge on any atom is 0.234 e. The second-order valence-electron chi connectivity index (χ2n) is 5.24. The molecular weight excluding hydrogens is 402 g/mol. The predicted molar refractivity (Wildman–Crippen MR) is 102 cm³/mol. The van der Waals surface area contributed by atoms with Crippen molar-refractivity contribution >= 4 is 39.3 Å². The first-order chi connectivity index (χ1) is 12.2. The van der Waals surface area contributed by atoms with E-state index < -0.39 is 0 Å². The molecule has 0 saturated heterocycles. The zero-order chi connectivity index (χ0) is 17.6. The summed E-state index contributed by atoms with van der Waals surface area (Å²) in [4.78, 5) is 12.1. The highest BCUT2D eigenvalue weighted by Crippen LogP contribution is 2.20. The Morgan fingerprint density at radius 2 is 1.88 bits per heavy atom. The molecule has 2 aromatic carbocycles. The Labute approximate surface area is 158 Å². The molecular formula is C17H16BrN5OS. The number of amides is 1. The van der Waals surface area contributed by atoms with E-state index in [4.69, 9.17) is 0 Å². The molecule has 1 N–H and O–H groups in total. The SMILES string of the molecule is CCc1ccc(NC(=O)CSc2nnnn2-c2ccc(Br)cc2)cc1. The number of carbonyl (C=O) groups is 1. The van der Waals surface area contributed by atoms with Crippen molar-refractivity contribution in [2.45, 2.75) is 18.5 Å². The van der Waals surface area contributed by atoms with Gasteiger partial charge in [0.1, 0.15) is 0 Å². The van der Waals surface area contributed by atoms with Gasteiger partial charge < -0.3 is 5.32 Å². The molecule has 8 heteroatoms. The van der Waals surface area contributed by atoms with Crippen LogP contribution in [0.5, 0.6) is 0 Å². The average Bonchev–Trinajstić information content (AvgIpc) is 3.10. The summed E-state index contributed by atoms with van der Waals surface area (Å²) in [6.45, 7) is 2.10. The number of nitrogens with zero attached hydrogens (tertiary/aromatic N) is 4. The second-order valence-corrected chi connectivity index (χ2v) is 7.10. The first-order valence-electron chi connectivity index (χ1n) is 7.71. The molecule has 1 amide bonds. The van der Waals surface area contributed by atoms with E-state index in [1.807, 2.05) is 48.5 Å². The number of nitrogens with one attached hydrogen (secondary N) is 1. The van der Waals surface area contributed by atoms with Crippen LogP contribution in [0.15, 0.2) is 58.2 Å². The number of aryl methyl sites for hydroxylation is 1. The molecule has 1 heterocycles. The molecule has 0 radical (unpaired) electrons. The molecule has 6 nitrogen and oxygen atoms in total. The Hall–Kier alpha value is -2.19. The Kier molecular flexibility index (Phi) is 5.83. The van der Waals surface area contributed by atoms with Gasteiger partial charge in [0.2, 0.25) is 11.1 Å². The summed E-state index contributed by atoms with van der Waals surface area (Å²) in [5.41, 5.74) is 2.86. The van der Waals surface area contributed by atoms with Gasteiger partial charge >= 0.3 is 0 Å². The Balaban J connectivity index is 1.61. The van der Waals surface area contributed by atoms with E-state index in [2.05, 4.69) is 43.7 Å². The van der Waals surface area contributed by atoms with Crippen LogP contribution in [-0.4, -0.2) is 31.9 Å². The number of thioether (sulfide) groups is 1. The zero-order valence-electron chi connectivity index (χ0n) is 13.5. The predicted octanol–water partition coefficient (Wildman–Crippen LogP) is 3.72. The fourth-order valence-electron chi connectivity index (χ4n) is 2.16.